The van der Waals surface area contributed by atoms with Crippen LogP contribution in [-0.2, 0) is 0 Å². The van der Waals surface area contributed by atoms with Crippen molar-refractivity contribution in [3.63, 3.8) is 0 Å². The summed E-state index contributed by atoms with van der Waals surface area (Å²) in [6.07, 6.45) is 16.3. The molecule has 1 heteroatoms. The van der Waals surface area contributed by atoms with Gasteiger partial charge in [0.25, 0.3) is 0 Å². The molecule has 0 aromatic heterocycles. The molecule has 1 fully saturated rings. The lowest BCUT2D eigenvalue weighted by Crippen LogP contribution is -2.22. The van der Waals surface area contributed by atoms with Crippen molar-refractivity contribution in [2.75, 3.05) is 0 Å². The van der Waals surface area contributed by atoms with Gasteiger partial charge in [0.15, 0.2) is 0 Å². The summed E-state index contributed by atoms with van der Waals surface area (Å²) in [5, 5.41) is 0. The SMILES string of the molecule is CCCCB(CCCC)C1CCCCC1. The summed E-state index contributed by atoms with van der Waals surface area (Å²) < 4.78 is 0. The van der Waals surface area contributed by atoms with Gasteiger partial charge in [0.2, 0.25) is 0 Å². The van der Waals surface area contributed by atoms with E-state index in [9.17, 15) is 0 Å². The smallest absolute Gasteiger partial charge is 0.0739 e. The van der Waals surface area contributed by atoms with Gasteiger partial charge in [-0.15, -0.1) is 0 Å². The van der Waals surface area contributed by atoms with Crippen LogP contribution in [0.15, 0.2) is 0 Å². The minimum Gasteiger partial charge on any atom is -0.0739 e. The van der Waals surface area contributed by atoms with Crippen LogP contribution in [0.5, 0.6) is 0 Å². The summed E-state index contributed by atoms with van der Waals surface area (Å²) >= 11 is 0. The Balaban J connectivity index is 2.30. The van der Waals surface area contributed by atoms with E-state index in [1.165, 1.54) is 70.4 Å². The van der Waals surface area contributed by atoms with Crippen LogP contribution >= 0.6 is 0 Å². The highest BCUT2D eigenvalue weighted by atomic mass is 14.1. The number of rotatable bonds is 7. The molecule has 1 aliphatic carbocycles. The lowest BCUT2D eigenvalue weighted by molar-refractivity contribution is 0.493. The highest BCUT2D eigenvalue weighted by molar-refractivity contribution is 6.60. The molecule has 0 heterocycles. The van der Waals surface area contributed by atoms with Crippen molar-refractivity contribution in [2.24, 2.45) is 0 Å². The Morgan fingerprint density at radius 3 is 1.87 bits per heavy atom. The van der Waals surface area contributed by atoms with E-state index in [2.05, 4.69) is 13.8 Å². The molecule has 15 heavy (non-hydrogen) atoms. The van der Waals surface area contributed by atoms with Gasteiger partial charge in [-0.25, -0.2) is 0 Å². The van der Waals surface area contributed by atoms with E-state index in [0.717, 1.165) is 12.5 Å². The molecule has 0 aliphatic heterocycles. The molecule has 1 rings (SSSR count). The van der Waals surface area contributed by atoms with E-state index >= 15 is 0 Å². The van der Waals surface area contributed by atoms with Gasteiger partial charge >= 0.3 is 0 Å². The average Bonchev–Trinajstić information content (AvgIpc) is 2.30. The van der Waals surface area contributed by atoms with E-state index in [0.29, 0.717) is 0 Å². The van der Waals surface area contributed by atoms with Crippen LogP contribution in [0.25, 0.3) is 0 Å². The molecule has 0 aromatic rings. The molecular weight excluding hydrogens is 179 g/mol. The maximum Gasteiger partial charge on any atom is 0.143 e. The molecule has 0 saturated heterocycles. The van der Waals surface area contributed by atoms with E-state index in [1.807, 2.05) is 0 Å². The molecule has 88 valence electrons. The van der Waals surface area contributed by atoms with Crippen LogP contribution in [0.1, 0.15) is 71.6 Å². The monoisotopic (exact) mass is 208 g/mol. The summed E-state index contributed by atoms with van der Waals surface area (Å²) in [7, 11) is 0. The van der Waals surface area contributed by atoms with Gasteiger partial charge in [-0.3, -0.25) is 0 Å². The van der Waals surface area contributed by atoms with E-state index in [4.69, 9.17) is 0 Å². The van der Waals surface area contributed by atoms with Crippen molar-refractivity contribution in [1.29, 1.82) is 0 Å². The van der Waals surface area contributed by atoms with Crippen LogP contribution in [0.4, 0.5) is 0 Å². The van der Waals surface area contributed by atoms with Gasteiger partial charge in [0.1, 0.15) is 6.71 Å². The Hall–Kier alpha value is 0.0649. The van der Waals surface area contributed by atoms with E-state index in [-0.39, 0.29) is 0 Å². The van der Waals surface area contributed by atoms with E-state index < -0.39 is 0 Å². The molecule has 0 atom stereocenters. The first-order valence-electron chi connectivity index (χ1n) is 7.38. The van der Waals surface area contributed by atoms with Gasteiger partial charge in [-0.2, -0.15) is 0 Å². The van der Waals surface area contributed by atoms with Crippen molar-refractivity contribution < 1.29 is 0 Å². The number of hydrogen-bond donors (Lipinski definition) is 0. The standard InChI is InChI=1S/C14H29B/c1-3-5-12-15(13-6-4-2)14-10-8-7-9-11-14/h14H,3-13H2,1-2H3. The zero-order valence-electron chi connectivity index (χ0n) is 10.9. The molecule has 0 aromatic carbocycles. The average molecular weight is 208 g/mol. The predicted molar refractivity (Wildman–Crippen MR) is 72.0 cm³/mol. The highest BCUT2D eigenvalue weighted by Gasteiger charge is 2.25. The topological polar surface area (TPSA) is 0 Å². The highest BCUT2D eigenvalue weighted by Crippen LogP contribution is 2.35. The van der Waals surface area contributed by atoms with Crippen molar-refractivity contribution in [3.05, 3.63) is 0 Å². The van der Waals surface area contributed by atoms with Crippen molar-refractivity contribution in [1.82, 2.24) is 0 Å². The minimum atomic E-state index is 1.07. The number of hydrogen-bond acceptors (Lipinski definition) is 0. The van der Waals surface area contributed by atoms with Gasteiger partial charge in [-0.05, 0) is 0 Å². The van der Waals surface area contributed by atoms with Gasteiger partial charge in [0, 0.05) is 0 Å². The molecule has 0 spiro atoms. The maximum atomic E-state index is 2.33. The maximum absolute atomic E-state index is 2.33. The third kappa shape index (κ3) is 5.09. The molecule has 0 bridgehead atoms. The summed E-state index contributed by atoms with van der Waals surface area (Å²) in [6, 6.07) is 0. The number of unbranched alkanes of at least 4 members (excludes halogenated alkanes) is 2. The Morgan fingerprint density at radius 2 is 1.40 bits per heavy atom. The fourth-order valence-corrected chi connectivity index (χ4v) is 3.15. The van der Waals surface area contributed by atoms with Crippen LogP contribution in [0, 0.1) is 0 Å². The Morgan fingerprint density at radius 1 is 0.867 bits per heavy atom. The largest absolute Gasteiger partial charge is 0.143 e. The van der Waals surface area contributed by atoms with Gasteiger partial charge in [0.05, 0.1) is 0 Å². The van der Waals surface area contributed by atoms with E-state index in [1.54, 1.807) is 0 Å². The second-order valence-electron chi connectivity index (χ2n) is 5.44. The second-order valence-corrected chi connectivity index (χ2v) is 5.44. The first-order chi connectivity index (χ1) is 7.38. The summed E-state index contributed by atoms with van der Waals surface area (Å²) in [6.45, 7) is 5.74. The van der Waals surface area contributed by atoms with Crippen LogP contribution in [0.3, 0.4) is 0 Å². The summed E-state index contributed by atoms with van der Waals surface area (Å²) in [5.41, 5.74) is 0. The quantitative estimate of drug-likeness (QED) is 0.490. The van der Waals surface area contributed by atoms with Gasteiger partial charge in [-0.1, -0.05) is 90.1 Å². The third-order valence-electron chi connectivity index (χ3n) is 4.17. The molecule has 1 aliphatic rings. The second kappa shape index (κ2) is 8.24. The van der Waals surface area contributed by atoms with Crippen molar-refractivity contribution in [3.8, 4) is 0 Å². The molecule has 0 unspecified atom stereocenters. The first kappa shape index (κ1) is 13.1. The normalized spacial score (nSPS) is 18.0. The summed E-state index contributed by atoms with van der Waals surface area (Å²) in [4.78, 5) is 0. The molecule has 0 N–H and O–H groups in total. The van der Waals surface area contributed by atoms with Crippen LogP contribution in [0.2, 0.25) is 18.5 Å². The lowest BCUT2D eigenvalue weighted by Gasteiger charge is -2.28. The third-order valence-corrected chi connectivity index (χ3v) is 4.17. The Labute approximate surface area is 97.3 Å². The molecule has 0 nitrogen and oxygen atoms in total. The zero-order valence-corrected chi connectivity index (χ0v) is 10.9. The Kier molecular flexibility index (Phi) is 7.22. The fourth-order valence-electron chi connectivity index (χ4n) is 3.15. The van der Waals surface area contributed by atoms with Crippen molar-refractivity contribution in [2.45, 2.75) is 90.1 Å². The lowest BCUT2D eigenvalue weighted by atomic mass is 9.34. The predicted octanol–water partition coefficient (Wildman–Crippen LogP) is 5.42. The fraction of sp³-hybridized carbons (Fsp3) is 1.00. The van der Waals surface area contributed by atoms with Crippen LogP contribution in [-0.4, -0.2) is 6.71 Å². The molecule has 1 saturated carbocycles. The zero-order chi connectivity index (χ0) is 10.9. The van der Waals surface area contributed by atoms with Crippen molar-refractivity contribution >= 4 is 6.71 Å². The first-order valence-corrected chi connectivity index (χ1v) is 7.38. The summed E-state index contributed by atoms with van der Waals surface area (Å²) in [5.74, 6) is 1.09. The Bertz CT molecular complexity index is 130. The molecule has 0 amide bonds. The molecule has 0 radical (unpaired) electrons. The van der Waals surface area contributed by atoms with Crippen LogP contribution < -0.4 is 0 Å². The van der Waals surface area contributed by atoms with Gasteiger partial charge < -0.3 is 0 Å². The minimum absolute atomic E-state index is 1.07. The molecular formula is C14H29B.